The molecule has 0 radical (unpaired) electrons. The third-order valence-corrected chi connectivity index (χ3v) is 3.21. The van der Waals surface area contributed by atoms with Crippen LogP contribution in [-0.2, 0) is 6.54 Å². The van der Waals surface area contributed by atoms with Crippen LogP contribution in [0.1, 0.15) is 17.1 Å². The van der Waals surface area contributed by atoms with Gasteiger partial charge in [-0.1, -0.05) is 17.7 Å². The van der Waals surface area contributed by atoms with Crippen LogP contribution in [0, 0.1) is 13.8 Å². The number of nitrogens with zero attached hydrogens (tertiary/aromatic N) is 3. The highest BCUT2D eigenvalue weighted by Gasteiger charge is 2.09. The summed E-state index contributed by atoms with van der Waals surface area (Å²) in [5, 5.41) is 8.13. The van der Waals surface area contributed by atoms with E-state index in [2.05, 4.69) is 15.4 Å². The molecule has 0 saturated heterocycles. The number of rotatable bonds is 3. The Labute approximate surface area is 106 Å². The van der Waals surface area contributed by atoms with E-state index in [1.54, 1.807) is 0 Å². The van der Waals surface area contributed by atoms with E-state index in [1.165, 1.54) is 0 Å². The van der Waals surface area contributed by atoms with Crippen molar-refractivity contribution in [2.75, 3.05) is 12.4 Å². The molecule has 0 aliphatic heterocycles. The molecule has 5 heteroatoms. The maximum atomic E-state index is 6.11. The fourth-order valence-electron chi connectivity index (χ4n) is 1.69. The quantitative estimate of drug-likeness (QED) is 0.911. The minimum atomic E-state index is 0.634. The maximum absolute atomic E-state index is 6.11. The smallest absolute Gasteiger partial charge is 0.126 e. The number of halogens is 1. The van der Waals surface area contributed by atoms with Crippen LogP contribution in [0.2, 0.25) is 5.02 Å². The number of nitrogens with one attached hydrogen (secondary N) is 1. The molecule has 0 bridgehead atoms. The minimum absolute atomic E-state index is 0.634. The van der Waals surface area contributed by atoms with Crippen LogP contribution in [0.15, 0.2) is 18.2 Å². The molecule has 0 spiro atoms. The molecule has 2 rings (SSSR count). The topological polar surface area (TPSA) is 42.7 Å². The SMILES string of the molecule is CNc1cccc(Cn2nc(C)c(Cl)c2C)n1. The zero-order valence-electron chi connectivity index (χ0n) is 10.2. The van der Waals surface area contributed by atoms with E-state index in [-0.39, 0.29) is 0 Å². The molecule has 0 fully saturated rings. The van der Waals surface area contributed by atoms with Gasteiger partial charge < -0.3 is 5.32 Å². The van der Waals surface area contributed by atoms with Crippen LogP contribution < -0.4 is 5.32 Å². The summed E-state index contributed by atoms with van der Waals surface area (Å²) >= 11 is 6.11. The van der Waals surface area contributed by atoms with E-state index in [9.17, 15) is 0 Å². The third-order valence-electron chi connectivity index (χ3n) is 2.67. The number of aromatic nitrogens is 3. The molecule has 0 amide bonds. The van der Waals surface area contributed by atoms with Crippen LogP contribution in [-0.4, -0.2) is 21.8 Å². The summed E-state index contributed by atoms with van der Waals surface area (Å²) in [5.74, 6) is 0.857. The fourth-order valence-corrected chi connectivity index (χ4v) is 1.82. The average Bonchev–Trinajstić information content (AvgIpc) is 2.57. The number of hydrogen-bond donors (Lipinski definition) is 1. The minimum Gasteiger partial charge on any atom is -0.373 e. The summed E-state index contributed by atoms with van der Waals surface area (Å²) in [4.78, 5) is 4.45. The van der Waals surface area contributed by atoms with Gasteiger partial charge in [0.1, 0.15) is 5.82 Å². The fraction of sp³-hybridized carbons (Fsp3) is 0.333. The highest BCUT2D eigenvalue weighted by molar-refractivity contribution is 6.31. The van der Waals surface area contributed by atoms with Crippen LogP contribution in [0.25, 0.3) is 0 Å². The summed E-state index contributed by atoms with van der Waals surface area (Å²) in [6, 6.07) is 5.88. The van der Waals surface area contributed by atoms with Crippen molar-refractivity contribution >= 4 is 17.4 Å². The molecule has 2 heterocycles. The molecule has 0 saturated carbocycles. The second kappa shape index (κ2) is 4.75. The van der Waals surface area contributed by atoms with Gasteiger partial charge in [-0.2, -0.15) is 5.10 Å². The van der Waals surface area contributed by atoms with Gasteiger partial charge in [0.25, 0.3) is 0 Å². The van der Waals surface area contributed by atoms with E-state index in [4.69, 9.17) is 11.6 Å². The molecular formula is C12H15ClN4. The maximum Gasteiger partial charge on any atom is 0.126 e. The first-order valence-corrected chi connectivity index (χ1v) is 5.83. The van der Waals surface area contributed by atoms with Crippen molar-refractivity contribution in [1.82, 2.24) is 14.8 Å². The van der Waals surface area contributed by atoms with Crippen molar-refractivity contribution in [2.45, 2.75) is 20.4 Å². The normalized spacial score (nSPS) is 10.6. The van der Waals surface area contributed by atoms with Crippen molar-refractivity contribution in [3.05, 3.63) is 40.3 Å². The second-order valence-electron chi connectivity index (χ2n) is 3.91. The molecule has 0 aliphatic carbocycles. The zero-order valence-corrected chi connectivity index (χ0v) is 10.9. The van der Waals surface area contributed by atoms with Crippen molar-refractivity contribution in [2.24, 2.45) is 0 Å². The Hall–Kier alpha value is -1.55. The van der Waals surface area contributed by atoms with Crippen LogP contribution in [0.4, 0.5) is 5.82 Å². The molecule has 0 unspecified atom stereocenters. The molecule has 0 aliphatic rings. The van der Waals surface area contributed by atoms with Gasteiger partial charge in [0.05, 0.1) is 28.6 Å². The molecule has 1 N–H and O–H groups in total. The molecular weight excluding hydrogens is 236 g/mol. The first kappa shape index (κ1) is 11.9. The van der Waals surface area contributed by atoms with E-state index in [0.717, 1.165) is 27.9 Å². The molecule has 2 aromatic rings. The highest BCUT2D eigenvalue weighted by Crippen LogP contribution is 2.19. The average molecular weight is 251 g/mol. The van der Waals surface area contributed by atoms with Gasteiger partial charge in [-0.15, -0.1) is 0 Å². The first-order chi connectivity index (χ1) is 8.11. The van der Waals surface area contributed by atoms with E-state index < -0.39 is 0 Å². The predicted octanol–water partition coefficient (Wildman–Crippen LogP) is 2.64. The van der Waals surface area contributed by atoms with Crippen molar-refractivity contribution in [3.63, 3.8) is 0 Å². The van der Waals surface area contributed by atoms with Gasteiger partial charge in [0, 0.05) is 7.05 Å². The number of hydrogen-bond acceptors (Lipinski definition) is 3. The summed E-state index contributed by atoms with van der Waals surface area (Å²) in [6.07, 6.45) is 0. The van der Waals surface area contributed by atoms with Crippen LogP contribution >= 0.6 is 11.6 Å². The van der Waals surface area contributed by atoms with Gasteiger partial charge in [0.2, 0.25) is 0 Å². The first-order valence-electron chi connectivity index (χ1n) is 5.45. The number of aryl methyl sites for hydroxylation is 1. The predicted molar refractivity (Wildman–Crippen MR) is 69.6 cm³/mol. The van der Waals surface area contributed by atoms with Gasteiger partial charge in [-0.25, -0.2) is 4.98 Å². The molecule has 17 heavy (non-hydrogen) atoms. The summed E-state index contributed by atoms with van der Waals surface area (Å²) < 4.78 is 1.87. The van der Waals surface area contributed by atoms with Crippen LogP contribution in [0.5, 0.6) is 0 Å². The molecule has 4 nitrogen and oxygen atoms in total. The van der Waals surface area contributed by atoms with E-state index in [1.807, 2.05) is 43.8 Å². The molecule has 90 valence electrons. The monoisotopic (exact) mass is 250 g/mol. The van der Waals surface area contributed by atoms with Gasteiger partial charge in [0.15, 0.2) is 0 Å². The number of anilines is 1. The van der Waals surface area contributed by atoms with E-state index >= 15 is 0 Å². The summed E-state index contributed by atoms with van der Waals surface area (Å²) in [7, 11) is 1.85. The van der Waals surface area contributed by atoms with Crippen molar-refractivity contribution < 1.29 is 0 Å². The van der Waals surface area contributed by atoms with Crippen molar-refractivity contribution in [1.29, 1.82) is 0 Å². The Morgan fingerprint density at radius 1 is 1.35 bits per heavy atom. The highest BCUT2D eigenvalue weighted by atomic mass is 35.5. The Balaban J connectivity index is 2.28. The Bertz CT molecular complexity index is 533. The van der Waals surface area contributed by atoms with Crippen molar-refractivity contribution in [3.8, 4) is 0 Å². The summed E-state index contributed by atoms with van der Waals surface area (Å²) in [5.41, 5.74) is 2.79. The lowest BCUT2D eigenvalue weighted by molar-refractivity contribution is 0.647. The molecule has 0 aromatic carbocycles. The van der Waals surface area contributed by atoms with Crippen LogP contribution in [0.3, 0.4) is 0 Å². The van der Waals surface area contributed by atoms with Gasteiger partial charge in [-0.3, -0.25) is 4.68 Å². The second-order valence-corrected chi connectivity index (χ2v) is 4.28. The Morgan fingerprint density at radius 3 is 2.71 bits per heavy atom. The Morgan fingerprint density at radius 2 is 2.12 bits per heavy atom. The lowest BCUT2D eigenvalue weighted by Gasteiger charge is -2.05. The molecule has 0 atom stereocenters. The van der Waals surface area contributed by atoms with Gasteiger partial charge >= 0.3 is 0 Å². The number of pyridine rings is 1. The summed E-state index contributed by atoms with van der Waals surface area (Å²) in [6.45, 7) is 4.50. The largest absolute Gasteiger partial charge is 0.373 e. The van der Waals surface area contributed by atoms with Gasteiger partial charge in [-0.05, 0) is 26.0 Å². The lowest BCUT2D eigenvalue weighted by atomic mass is 10.3. The zero-order chi connectivity index (χ0) is 12.4. The lowest BCUT2D eigenvalue weighted by Crippen LogP contribution is -2.06. The Kier molecular flexibility index (Phi) is 3.33. The third kappa shape index (κ3) is 2.42. The van der Waals surface area contributed by atoms with E-state index in [0.29, 0.717) is 6.54 Å². The molecule has 2 aromatic heterocycles. The standard InChI is InChI=1S/C12H15ClN4/c1-8-12(13)9(2)17(16-8)7-10-5-4-6-11(14-3)15-10/h4-6H,7H2,1-3H3,(H,14,15).